The van der Waals surface area contributed by atoms with Gasteiger partial charge in [0.1, 0.15) is 0 Å². The fourth-order valence-corrected chi connectivity index (χ4v) is 12.2. The van der Waals surface area contributed by atoms with E-state index in [1.165, 1.54) is 208 Å². The van der Waals surface area contributed by atoms with E-state index >= 15 is 0 Å². The van der Waals surface area contributed by atoms with Crippen molar-refractivity contribution in [2.45, 2.75) is 262 Å². The molecule has 2 rings (SSSR count). The van der Waals surface area contributed by atoms with Gasteiger partial charge >= 0.3 is 330 Å². The van der Waals surface area contributed by atoms with E-state index in [1.54, 1.807) is 0 Å². The van der Waals surface area contributed by atoms with E-state index in [0.717, 1.165) is 0 Å². The Morgan fingerprint density at radius 3 is 0.784 bits per heavy atom. The molecular formula is C50H90Fe. The van der Waals surface area contributed by atoms with E-state index < -0.39 is 0 Å². The second-order valence-electron chi connectivity index (χ2n) is 16.8. The molecule has 0 aromatic heterocycles. The van der Waals surface area contributed by atoms with Gasteiger partial charge in [-0.2, -0.15) is 0 Å². The summed E-state index contributed by atoms with van der Waals surface area (Å²) in [7, 11) is 0. The molecule has 0 heterocycles. The minimum absolute atomic E-state index is 0.299. The van der Waals surface area contributed by atoms with E-state index in [9.17, 15) is 0 Å². The molecule has 1 heteroatoms. The van der Waals surface area contributed by atoms with Gasteiger partial charge in [0.2, 0.25) is 0 Å². The van der Waals surface area contributed by atoms with Crippen molar-refractivity contribution in [1.29, 1.82) is 0 Å². The molecule has 0 N–H and O–H groups in total. The second kappa shape index (κ2) is 26.3. The minimum atomic E-state index is 0.299. The first-order chi connectivity index (χ1) is 24.9. The van der Waals surface area contributed by atoms with E-state index in [2.05, 4.69) is 69.2 Å². The van der Waals surface area contributed by atoms with Crippen LogP contribution in [0.15, 0.2) is 42.4 Å². The Morgan fingerprint density at radius 2 is 0.529 bits per heavy atom. The molecule has 298 valence electrons. The van der Waals surface area contributed by atoms with Crippen molar-refractivity contribution in [3.63, 3.8) is 0 Å². The third-order valence-corrected chi connectivity index (χ3v) is 14.9. The van der Waals surface area contributed by atoms with Crippen molar-refractivity contribution in [3.05, 3.63) is 42.4 Å². The van der Waals surface area contributed by atoms with Crippen molar-refractivity contribution in [1.82, 2.24) is 0 Å². The van der Waals surface area contributed by atoms with Crippen LogP contribution in [0.5, 0.6) is 0 Å². The number of unbranched alkanes of at least 4 members (excludes halogenated alkanes) is 10. The van der Waals surface area contributed by atoms with Crippen LogP contribution in [-0.2, 0) is 15.0 Å². The molecule has 0 spiro atoms. The average molecular weight is 747 g/mol. The summed E-state index contributed by atoms with van der Waals surface area (Å²) in [5.41, 5.74) is 12.1. The molecule has 0 unspecified atom stereocenters. The third kappa shape index (κ3) is 12.2. The van der Waals surface area contributed by atoms with Crippen LogP contribution in [0.2, 0.25) is 0 Å². The molecule has 0 atom stereocenters. The zero-order chi connectivity index (χ0) is 37.5. The van der Waals surface area contributed by atoms with Gasteiger partial charge in [-0.1, -0.05) is 0 Å². The zero-order valence-electron chi connectivity index (χ0n) is 36.6. The Kier molecular flexibility index (Phi) is 24.1. The molecule has 0 nitrogen and oxygen atoms in total. The Bertz CT molecular complexity index is 990. The standard InChI is InChI=1S/2C25H45.Fe/c2*1-6-11-16-22-21-25(19-14-9-4,20-15-10-5)24(18-13-8-3)23(22)17-12-7-2;/h2*6-20H2,1-5H3;. The number of hydrogen-bond acceptors (Lipinski definition) is 0. The molecule has 0 radical (unpaired) electrons. The van der Waals surface area contributed by atoms with Crippen LogP contribution < -0.4 is 0 Å². The molecule has 0 amide bonds. The Labute approximate surface area is 328 Å². The molecule has 0 saturated carbocycles. The van der Waals surface area contributed by atoms with Crippen LogP contribution in [0.4, 0.5) is 0 Å². The third-order valence-electron chi connectivity index (χ3n) is 12.6. The van der Waals surface area contributed by atoms with Gasteiger partial charge in [-0.15, -0.1) is 0 Å². The van der Waals surface area contributed by atoms with Crippen LogP contribution in [0.1, 0.15) is 262 Å². The SMILES string of the molecule is CCCCC1=C(CCCC)C(CCCC)(CCCC)[C]([Fe][C]2=C(CCCC)C(CCCC)=C(CCCC)C2(CCCC)CCCC)=C1CCCC. The van der Waals surface area contributed by atoms with Crippen molar-refractivity contribution in [3.8, 4) is 0 Å². The van der Waals surface area contributed by atoms with Crippen molar-refractivity contribution >= 4 is 0 Å². The summed E-state index contributed by atoms with van der Waals surface area (Å²) in [4.78, 5) is 0. The van der Waals surface area contributed by atoms with Crippen LogP contribution in [0.25, 0.3) is 0 Å². The van der Waals surface area contributed by atoms with Gasteiger partial charge in [-0.05, 0) is 0 Å². The summed E-state index contributed by atoms with van der Waals surface area (Å²) in [6.45, 7) is 24.5. The van der Waals surface area contributed by atoms with Crippen molar-refractivity contribution < 1.29 is 15.0 Å². The quantitative estimate of drug-likeness (QED) is 0.0602. The number of rotatable bonds is 32. The molecule has 0 saturated heterocycles. The van der Waals surface area contributed by atoms with Gasteiger partial charge in [0.25, 0.3) is 0 Å². The molecule has 51 heavy (non-hydrogen) atoms. The van der Waals surface area contributed by atoms with Crippen molar-refractivity contribution in [2.75, 3.05) is 0 Å². The summed E-state index contributed by atoms with van der Waals surface area (Å²) in [6.07, 6.45) is 40.5. The Balaban J connectivity index is 3.13. The van der Waals surface area contributed by atoms with E-state index in [4.69, 9.17) is 0 Å². The fourth-order valence-electron chi connectivity index (χ4n) is 9.61. The van der Waals surface area contributed by atoms with Gasteiger partial charge in [-0.25, -0.2) is 0 Å². The topological polar surface area (TPSA) is 0 Å². The molecule has 0 aromatic carbocycles. The monoisotopic (exact) mass is 747 g/mol. The summed E-state index contributed by atoms with van der Waals surface area (Å²) < 4.78 is 3.98. The van der Waals surface area contributed by atoms with Crippen LogP contribution in [-0.4, -0.2) is 0 Å². The van der Waals surface area contributed by atoms with E-state index in [-0.39, 0.29) is 0 Å². The van der Waals surface area contributed by atoms with Gasteiger partial charge < -0.3 is 0 Å². The average Bonchev–Trinajstić information content (AvgIpc) is 3.52. The fraction of sp³-hybridized carbons (Fsp3) is 0.840. The first-order valence-corrected chi connectivity index (χ1v) is 24.6. The second-order valence-corrected chi connectivity index (χ2v) is 18.1. The molecule has 0 aliphatic heterocycles. The summed E-state index contributed by atoms with van der Waals surface area (Å²) >= 11 is 1.30. The van der Waals surface area contributed by atoms with Crippen molar-refractivity contribution in [2.24, 2.45) is 10.8 Å². The van der Waals surface area contributed by atoms with Gasteiger partial charge in [-0.3, -0.25) is 0 Å². The molecule has 2 aliphatic rings. The normalized spacial score (nSPS) is 17.4. The Morgan fingerprint density at radius 1 is 0.294 bits per heavy atom. The van der Waals surface area contributed by atoms with Gasteiger partial charge in [0, 0.05) is 0 Å². The molecule has 2 aliphatic carbocycles. The summed E-state index contributed by atoms with van der Waals surface area (Å²) in [5.74, 6) is 0. The van der Waals surface area contributed by atoms with Crippen LogP contribution in [0, 0.1) is 10.8 Å². The van der Waals surface area contributed by atoms with Crippen LogP contribution >= 0.6 is 0 Å². The first-order valence-electron chi connectivity index (χ1n) is 23.5. The molecule has 0 bridgehead atoms. The van der Waals surface area contributed by atoms with E-state index in [0.29, 0.717) is 10.8 Å². The number of allylic oxidation sites excluding steroid dienone is 8. The maximum atomic E-state index is 2.46. The molecular weight excluding hydrogens is 656 g/mol. The zero-order valence-corrected chi connectivity index (χ0v) is 37.7. The summed E-state index contributed by atoms with van der Waals surface area (Å²) in [5, 5.41) is 0. The predicted octanol–water partition coefficient (Wildman–Crippen LogP) is 18.1. The van der Waals surface area contributed by atoms with E-state index in [1.807, 2.05) is 42.4 Å². The van der Waals surface area contributed by atoms with Gasteiger partial charge in [0.15, 0.2) is 0 Å². The van der Waals surface area contributed by atoms with Crippen LogP contribution in [0.3, 0.4) is 0 Å². The Hall–Kier alpha value is -0.521. The predicted molar refractivity (Wildman–Crippen MR) is 228 cm³/mol. The first kappa shape index (κ1) is 46.6. The maximum absolute atomic E-state index is 2.46. The number of hydrogen-bond donors (Lipinski definition) is 0. The molecule has 0 aromatic rings. The molecule has 0 fully saturated rings. The van der Waals surface area contributed by atoms with Gasteiger partial charge in [0.05, 0.1) is 0 Å². The summed E-state index contributed by atoms with van der Waals surface area (Å²) in [6, 6.07) is 0.